The summed E-state index contributed by atoms with van der Waals surface area (Å²) in [7, 11) is -1.75. The summed E-state index contributed by atoms with van der Waals surface area (Å²) in [6.45, 7) is 11.0. The fourth-order valence-electron chi connectivity index (χ4n) is 1.29. The largest absolute Gasteiger partial charge is 0.392 e. The summed E-state index contributed by atoms with van der Waals surface area (Å²) >= 11 is 0. The highest BCUT2D eigenvalue weighted by molar-refractivity contribution is 6.74. The zero-order valence-corrected chi connectivity index (χ0v) is 11.3. The van der Waals surface area contributed by atoms with Gasteiger partial charge in [0.2, 0.25) is 0 Å². The maximum Gasteiger partial charge on any atom is 0.195 e. The smallest absolute Gasteiger partial charge is 0.195 e. The predicted octanol–water partition coefficient (Wildman–Crippen LogP) is 3.04. The van der Waals surface area contributed by atoms with Crippen LogP contribution in [0.25, 0.3) is 0 Å². The van der Waals surface area contributed by atoms with Crippen LogP contribution in [0.1, 0.15) is 33.6 Å². The number of nitrogens with zero attached hydrogens (tertiary/aromatic N) is 1. The Morgan fingerprint density at radius 3 is 2.33 bits per heavy atom. The number of nitriles is 1. The molecule has 1 fully saturated rings. The van der Waals surface area contributed by atoms with Crippen molar-refractivity contribution in [3.05, 3.63) is 0 Å². The summed E-state index contributed by atoms with van der Waals surface area (Å²) < 4.78 is 11.6. The third-order valence-electron chi connectivity index (χ3n) is 3.36. The van der Waals surface area contributed by atoms with Gasteiger partial charge < -0.3 is 9.16 Å². The van der Waals surface area contributed by atoms with Crippen molar-refractivity contribution in [2.75, 3.05) is 0 Å². The Labute approximate surface area is 93.5 Å². The van der Waals surface area contributed by atoms with Crippen LogP contribution in [0.4, 0.5) is 0 Å². The van der Waals surface area contributed by atoms with E-state index >= 15 is 0 Å². The highest BCUT2D eigenvalue weighted by Gasteiger charge is 2.41. The third-order valence-corrected chi connectivity index (χ3v) is 7.82. The number of ether oxygens (including phenoxy) is 1. The average Bonchev–Trinajstić information content (AvgIpc) is 2.49. The summed E-state index contributed by atoms with van der Waals surface area (Å²) in [6, 6.07) is 2.13. The Morgan fingerprint density at radius 2 is 1.93 bits per heavy atom. The Balaban J connectivity index is 2.53. The van der Waals surface area contributed by atoms with E-state index in [2.05, 4.69) is 39.9 Å². The van der Waals surface area contributed by atoms with E-state index in [-0.39, 0.29) is 17.4 Å². The highest BCUT2D eigenvalue weighted by atomic mass is 28.4. The van der Waals surface area contributed by atoms with Gasteiger partial charge in [-0.05, 0) is 24.6 Å². The van der Waals surface area contributed by atoms with Gasteiger partial charge in [-0.2, -0.15) is 5.26 Å². The van der Waals surface area contributed by atoms with Gasteiger partial charge in [0.05, 0.1) is 6.07 Å². The van der Waals surface area contributed by atoms with Crippen LogP contribution in [-0.2, 0) is 9.16 Å². The molecule has 1 heterocycles. The van der Waals surface area contributed by atoms with Crippen LogP contribution >= 0.6 is 0 Å². The van der Waals surface area contributed by atoms with Crippen LogP contribution in [0.3, 0.4) is 0 Å². The lowest BCUT2D eigenvalue weighted by atomic mass is 10.2. The van der Waals surface area contributed by atoms with Crippen LogP contribution in [0, 0.1) is 11.3 Å². The summed E-state index contributed by atoms with van der Waals surface area (Å²) in [6.07, 6.45) is 1.23. The monoisotopic (exact) mass is 227 g/mol. The normalized spacial score (nSPS) is 27.7. The van der Waals surface area contributed by atoms with Crippen molar-refractivity contribution in [1.29, 1.82) is 5.26 Å². The molecule has 86 valence electrons. The molecule has 3 nitrogen and oxygen atoms in total. The van der Waals surface area contributed by atoms with Crippen LogP contribution in [-0.4, -0.2) is 20.7 Å². The molecular weight excluding hydrogens is 206 g/mol. The van der Waals surface area contributed by atoms with Crippen LogP contribution in [0.15, 0.2) is 0 Å². The zero-order chi connectivity index (χ0) is 11.7. The van der Waals surface area contributed by atoms with Crippen molar-refractivity contribution >= 4 is 8.32 Å². The van der Waals surface area contributed by atoms with Gasteiger partial charge >= 0.3 is 0 Å². The second-order valence-electron chi connectivity index (χ2n) is 5.64. The van der Waals surface area contributed by atoms with E-state index in [9.17, 15) is 0 Å². The summed E-state index contributed by atoms with van der Waals surface area (Å²) in [5.41, 5.74) is 0. The molecule has 0 radical (unpaired) electrons. The van der Waals surface area contributed by atoms with Crippen molar-refractivity contribution in [2.45, 2.75) is 64.1 Å². The maximum atomic E-state index is 8.72. The lowest BCUT2D eigenvalue weighted by molar-refractivity contribution is -0.0659. The fraction of sp³-hybridized carbons (Fsp3) is 0.909. The molecule has 2 unspecified atom stereocenters. The van der Waals surface area contributed by atoms with Gasteiger partial charge in [0.25, 0.3) is 0 Å². The van der Waals surface area contributed by atoms with Crippen LogP contribution in [0.5, 0.6) is 0 Å². The third kappa shape index (κ3) is 3.04. The number of hydrogen-bond donors (Lipinski definition) is 0. The first-order valence-corrected chi connectivity index (χ1v) is 8.40. The van der Waals surface area contributed by atoms with Crippen molar-refractivity contribution in [2.24, 2.45) is 0 Å². The minimum Gasteiger partial charge on any atom is -0.392 e. The first-order chi connectivity index (χ1) is 6.76. The molecule has 4 heteroatoms. The average molecular weight is 227 g/mol. The SMILES string of the molecule is CC(C)(C)[Si](C)(C)OC1CCC(C#N)O1. The molecule has 0 saturated carbocycles. The lowest BCUT2D eigenvalue weighted by Crippen LogP contribution is -2.43. The Morgan fingerprint density at radius 1 is 1.33 bits per heavy atom. The van der Waals surface area contributed by atoms with Crippen molar-refractivity contribution in [3.8, 4) is 6.07 Å². The molecule has 1 aliphatic rings. The summed E-state index contributed by atoms with van der Waals surface area (Å²) in [5.74, 6) is 0. The van der Waals surface area contributed by atoms with Crippen molar-refractivity contribution in [1.82, 2.24) is 0 Å². The summed E-state index contributed by atoms with van der Waals surface area (Å²) in [5, 5.41) is 8.92. The fourth-order valence-corrected chi connectivity index (χ4v) is 2.48. The van der Waals surface area contributed by atoms with Crippen LogP contribution in [0.2, 0.25) is 18.1 Å². The second-order valence-corrected chi connectivity index (χ2v) is 10.4. The molecule has 0 bridgehead atoms. The van der Waals surface area contributed by atoms with E-state index in [0.29, 0.717) is 0 Å². The second kappa shape index (κ2) is 4.24. The molecule has 0 aromatic rings. The number of hydrogen-bond acceptors (Lipinski definition) is 3. The zero-order valence-electron chi connectivity index (χ0n) is 10.3. The van der Waals surface area contributed by atoms with Gasteiger partial charge in [-0.1, -0.05) is 20.8 Å². The quantitative estimate of drug-likeness (QED) is 0.681. The first kappa shape index (κ1) is 12.7. The molecule has 0 aromatic carbocycles. The molecule has 0 spiro atoms. The Bertz CT molecular complexity index is 265. The van der Waals surface area contributed by atoms with E-state index in [0.717, 1.165) is 12.8 Å². The van der Waals surface area contributed by atoms with Gasteiger partial charge in [0, 0.05) is 6.42 Å². The minimum absolute atomic E-state index is 0.157. The molecule has 0 N–H and O–H groups in total. The van der Waals surface area contributed by atoms with E-state index in [4.69, 9.17) is 14.4 Å². The van der Waals surface area contributed by atoms with Gasteiger partial charge in [0.15, 0.2) is 8.32 Å². The van der Waals surface area contributed by atoms with Gasteiger partial charge in [-0.15, -0.1) is 0 Å². The molecule has 15 heavy (non-hydrogen) atoms. The minimum atomic E-state index is -1.75. The van der Waals surface area contributed by atoms with Gasteiger partial charge in [0.1, 0.15) is 12.4 Å². The highest BCUT2D eigenvalue weighted by Crippen LogP contribution is 2.38. The van der Waals surface area contributed by atoms with E-state index in [1.807, 2.05) is 0 Å². The molecule has 1 saturated heterocycles. The first-order valence-electron chi connectivity index (χ1n) is 5.49. The van der Waals surface area contributed by atoms with Crippen molar-refractivity contribution < 1.29 is 9.16 Å². The Kier molecular flexibility index (Phi) is 3.59. The predicted molar refractivity (Wildman–Crippen MR) is 61.8 cm³/mol. The maximum absolute atomic E-state index is 8.72. The molecule has 2 atom stereocenters. The molecular formula is C11H21NO2Si. The van der Waals surface area contributed by atoms with E-state index < -0.39 is 8.32 Å². The van der Waals surface area contributed by atoms with E-state index in [1.165, 1.54) is 0 Å². The molecule has 0 amide bonds. The van der Waals surface area contributed by atoms with E-state index in [1.54, 1.807) is 0 Å². The Hall–Kier alpha value is -0.373. The topological polar surface area (TPSA) is 42.2 Å². The number of rotatable bonds is 2. The van der Waals surface area contributed by atoms with Crippen LogP contribution < -0.4 is 0 Å². The molecule has 0 aliphatic carbocycles. The van der Waals surface area contributed by atoms with Crippen molar-refractivity contribution in [3.63, 3.8) is 0 Å². The molecule has 0 aromatic heterocycles. The molecule has 1 aliphatic heterocycles. The molecule has 1 rings (SSSR count). The standard InChI is InChI=1S/C11H21NO2Si/c1-11(2,3)15(4,5)14-10-7-6-9(8-12)13-10/h9-10H,6-7H2,1-5H3. The van der Waals surface area contributed by atoms with Gasteiger partial charge in [-0.25, -0.2) is 0 Å². The van der Waals surface area contributed by atoms with Gasteiger partial charge in [-0.3, -0.25) is 0 Å². The lowest BCUT2D eigenvalue weighted by Gasteiger charge is -2.37. The summed E-state index contributed by atoms with van der Waals surface area (Å²) in [4.78, 5) is 0.